The number of amides is 1. The van der Waals surface area contributed by atoms with Crippen LogP contribution in [-0.4, -0.2) is 12.5 Å². The maximum Gasteiger partial charge on any atom is 0.216 e. The minimum atomic E-state index is -0.00668. The summed E-state index contributed by atoms with van der Waals surface area (Å²) in [5.74, 6) is 6.22. The molecule has 0 aliphatic heterocycles. The Balaban J connectivity index is 2.04. The third-order valence-corrected chi connectivity index (χ3v) is 3.29. The average molecular weight is 243 g/mol. The topological polar surface area (TPSA) is 29.1 Å². The van der Waals surface area contributed by atoms with Gasteiger partial charge in [0.1, 0.15) is 0 Å². The Bertz CT molecular complexity index is 589. The molecule has 0 saturated carbocycles. The lowest BCUT2D eigenvalue weighted by Gasteiger charge is -1.94. The Labute approximate surface area is 105 Å². The molecular weight excluding hydrogens is 230 g/mol. The molecule has 1 heterocycles. The maximum atomic E-state index is 10.7. The third-order valence-electron chi connectivity index (χ3n) is 2.33. The Morgan fingerprint density at radius 3 is 3.06 bits per heavy atom. The fourth-order valence-corrected chi connectivity index (χ4v) is 2.43. The van der Waals surface area contributed by atoms with Gasteiger partial charge in [0.25, 0.3) is 0 Å². The molecule has 1 N–H and O–H groups in total. The van der Waals surface area contributed by atoms with Crippen LogP contribution in [0.15, 0.2) is 29.6 Å². The first kappa shape index (κ1) is 11.7. The van der Waals surface area contributed by atoms with Crippen LogP contribution >= 0.6 is 11.3 Å². The molecule has 86 valence electrons. The van der Waals surface area contributed by atoms with Crippen molar-refractivity contribution in [2.75, 3.05) is 6.54 Å². The van der Waals surface area contributed by atoms with Crippen LogP contribution in [-0.2, 0) is 4.79 Å². The van der Waals surface area contributed by atoms with E-state index in [1.807, 2.05) is 12.1 Å². The monoisotopic (exact) mass is 243 g/mol. The second-order valence-corrected chi connectivity index (χ2v) is 4.59. The van der Waals surface area contributed by atoms with E-state index in [2.05, 4.69) is 34.7 Å². The number of benzene rings is 1. The molecule has 0 saturated heterocycles. The highest BCUT2D eigenvalue weighted by Gasteiger charge is 1.98. The van der Waals surface area contributed by atoms with E-state index in [-0.39, 0.29) is 5.91 Å². The molecule has 1 amide bonds. The summed E-state index contributed by atoms with van der Waals surface area (Å²) >= 11 is 1.71. The molecule has 0 radical (unpaired) electrons. The standard InChI is InChI=1S/C14H13NOS/c1-11(16)15-9-5-4-6-12-10-17-14-8-3-2-7-13(12)14/h2-3,7-8,10H,5,9H2,1H3,(H,15,16). The Morgan fingerprint density at radius 1 is 1.41 bits per heavy atom. The fraction of sp³-hybridized carbons (Fsp3) is 0.214. The molecule has 0 atom stereocenters. The van der Waals surface area contributed by atoms with E-state index in [1.54, 1.807) is 11.3 Å². The van der Waals surface area contributed by atoms with Crippen molar-refractivity contribution < 1.29 is 4.79 Å². The lowest BCUT2D eigenvalue weighted by molar-refractivity contribution is -0.118. The highest BCUT2D eigenvalue weighted by molar-refractivity contribution is 7.17. The van der Waals surface area contributed by atoms with E-state index in [0.717, 1.165) is 5.56 Å². The van der Waals surface area contributed by atoms with Crippen LogP contribution in [0.4, 0.5) is 0 Å². The SMILES string of the molecule is CC(=O)NCCC#Cc1csc2ccccc12. The van der Waals surface area contributed by atoms with Crippen LogP contribution in [0, 0.1) is 11.8 Å². The van der Waals surface area contributed by atoms with E-state index in [9.17, 15) is 4.79 Å². The van der Waals surface area contributed by atoms with Crippen LogP contribution in [0.2, 0.25) is 0 Å². The lowest BCUT2D eigenvalue weighted by atomic mass is 10.2. The van der Waals surface area contributed by atoms with Gasteiger partial charge < -0.3 is 5.32 Å². The highest BCUT2D eigenvalue weighted by Crippen LogP contribution is 2.24. The first-order chi connectivity index (χ1) is 8.27. The zero-order valence-corrected chi connectivity index (χ0v) is 10.4. The fourth-order valence-electron chi connectivity index (χ4n) is 1.53. The van der Waals surface area contributed by atoms with Crippen LogP contribution in [0.1, 0.15) is 18.9 Å². The van der Waals surface area contributed by atoms with Gasteiger partial charge in [-0.05, 0) is 6.07 Å². The van der Waals surface area contributed by atoms with Crippen LogP contribution in [0.5, 0.6) is 0 Å². The van der Waals surface area contributed by atoms with Crippen molar-refractivity contribution in [3.8, 4) is 11.8 Å². The molecule has 3 heteroatoms. The smallest absolute Gasteiger partial charge is 0.216 e. The predicted octanol–water partition coefficient (Wildman–Crippen LogP) is 2.78. The summed E-state index contributed by atoms with van der Waals surface area (Å²) in [5, 5.41) is 6.02. The van der Waals surface area contributed by atoms with Crippen molar-refractivity contribution in [1.82, 2.24) is 5.32 Å². The van der Waals surface area contributed by atoms with Gasteiger partial charge >= 0.3 is 0 Å². The van der Waals surface area contributed by atoms with Crippen molar-refractivity contribution in [1.29, 1.82) is 0 Å². The van der Waals surface area contributed by atoms with E-state index >= 15 is 0 Å². The van der Waals surface area contributed by atoms with Crippen molar-refractivity contribution in [3.63, 3.8) is 0 Å². The van der Waals surface area contributed by atoms with Gasteiger partial charge in [0.15, 0.2) is 0 Å². The second kappa shape index (κ2) is 5.51. The summed E-state index contributed by atoms with van der Waals surface area (Å²) in [5.41, 5.74) is 1.08. The minimum Gasteiger partial charge on any atom is -0.355 e. The molecule has 2 rings (SSSR count). The zero-order valence-electron chi connectivity index (χ0n) is 9.62. The molecule has 1 aromatic carbocycles. The maximum absolute atomic E-state index is 10.7. The molecule has 17 heavy (non-hydrogen) atoms. The lowest BCUT2D eigenvalue weighted by Crippen LogP contribution is -2.20. The van der Waals surface area contributed by atoms with E-state index in [1.165, 1.54) is 17.0 Å². The number of thiophene rings is 1. The Kier molecular flexibility index (Phi) is 3.79. The van der Waals surface area contributed by atoms with Gasteiger partial charge in [-0.3, -0.25) is 4.79 Å². The number of hydrogen-bond donors (Lipinski definition) is 1. The van der Waals surface area contributed by atoms with E-state index < -0.39 is 0 Å². The summed E-state index contributed by atoms with van der Waals surface area (Å²) < 4.78 is 1.26. The third kappa shape index (κ3) is 3.08. The van der Waals surface area contributed by atoms with Crippen molar-refractivity contribution >= 4 is 27.3 Å². The second-order valence-electron chi connectivity index (χ2n) is 3.68. The van der Waals surface area contributed by atoms with Gasteiger partial charge in [-0.2, -0.15) is 0 Å². The van der Waals surface area contributed by atoms with Gasteiger partial charge in [0.05, 0.1) is 0 Å². The molecule has 0 fully saturated rings. The van der Waals surface area contributed by atoms with Gasteiger partial charge in [-0.15, -0.1) is 11.3 Å². The van der Waals surface area contributed by atoms with Crippen molar-refractivity contribution in [3.05, 3.63) is 35.2 Å². The van der Waals surface area contributed by atoms with Gasteiger partial charge in [-0.25, -0.2) is 0 Å². The quantitative estimate of drug-likeness (QED) is 0.638. The molecule has 0 bridgehead atoms. The average Bonchev–Trinajstić information content (AvgIpc) is 2.72. The largest absolute Gasteiger partial charge is 0.355 e. The molecule has 2 nitrogen and oxygen atoms in total. The normalized spacial score (nSPS) is 9.71. The summed E-state index contributed by atoms with van der Waals surface area (Å²) in [4.78, 5) is 10.7. The molecule has 0 aliphatic carbocycles. The van der Waals surface area contributed by atoms with Crippen LogP contribution < -0.4 is 5.32 Å². The number of fused-ring (bicyclic) bond motifs is 1. The molecule has 1 aromatic heterocycles. The first-order valence-corrected chi connectivity index (χ1v) is 6.35. The summed E-state index contributed by atoms with van der Waals surface area (Å²) in [6, 6.07) is 8.25. The van der Waals surface area contributed by atoms with Gasteiger partial charge in [-0.1, -0.05) is 30.0 Å². The number of carbonyl (C=O) groups excluding carboxylic acids is 1. The summed E-state index contributed by atoms with van der Waals surface area (Å²) in [7, 11) is 0. The van der Waals surface area contributed by atoms with E-state index in [0.29, 0.717) is 13.0 Å². The van der Waals surface area contributed by atoms with Crippen molar-refractivity contribution in [2.45, 2.75) is 13.3 Å². The van der Waals surface area contributed by atoms with Crippen LogP contribution in [0.3, 0.4) is 0 Å². The van der Waals surface area contributed by atoms with E-state index in [4.69, 9.17) is 0 Å². The zero-order chi connectivity index (χ0) is 12.1. The summed E-state index contributed by atoms with van der Waals surface area (Å²) in [6.07, 6.45) is 0.684. The predicted molar refractivity (Wildman–Crippen MR) is 72.0 cm³/mol. The summed E-state index contributed by atoms with van der Waals surface area (Å²) in [6.45, 7) is 2.13. The highest BCUT2D eigenvalue weighted by atomic mass is 32.1. The number of nitrogens with one attached hydrogen (secondary N) is 1. The van der Waals surface area contributed by atoms with Crippen LogP contribution in [0.25, 0.3) is 10.1 Å². The molecular formula is C14H13NOS. The Morgan fingerprint density at radius 2 is 2.24 bits per heavy atom. The van der Waals surface area contributed by atoms with Gasteiger partial charge in [0.2, 0.25) is 5.91 Å². The first-order valence-electron chi connectivity index (χ1n) is 5.47. The minimum absolute atomic E-state index is 0.00668. The molecule has 2 aromatic rings. The number of carbonyl (C=O) groups is 1. The van der Waals surface area contributed by atoms with Gasteiger partial charge in [0, 0.05) is 40.9 Å². The number of hydrogen-bond acceptors (Lipinski definition) is 2. The van der Waals surface area contributed by atoms with Crippen molar-refractivity contribution in [2.24, 2.45) is 0 Å². The Hall–Kier alpha value is -1.79. The molecule has 0 unspecified atom stereocenters. The number of rotatable bonds is 2. The molecule has 0 spiro atoms. The molecule has 0 aliphatic rings.